The minimum absolute atomic E-state index is 0.0219. The zero-order valence-electron chi connectivity index (χ0n) is 21.8. The fourth-order valence-electron chi connectivity index (χ4n) is 4.98. The molecular formula is C28H28FN7O4. The third-order valence-electron chi connectivity index (χ3n) is 7.14. The minimum Gasteiger partial charge on any atom is -0.381 e. The van der Waals surface area contributed by atoms with E-state index in [9.17, 15) is 18.8 Å². The van der Waals surface area contributed by atoms with Gasteiger partial charge in [-0.1, -0.05) is 0 Å². The summed E-state index contributed by atoms with van der Waals surface area (Å²) < 4.78 is 20.8. The van der Waals surface area contributed by atoms with Crippen LogP contribution in [0.15, 0.2) is 42.5 Å². The third-order valence-corrected chi connectivity index (χ3v) is 7.14. The smallest absolute Gasteiger partial charge is 0.322 e. The Hall–Kier alpha value is -4.76. The van der Waals surface area contributed by atoms with Crippen molar-refractivity contribution in [3.8, 4) is 17.3 Å². The second-order valence-electron chi connectivity index (χ2n) is 9.85. The van der Waals surface area contributed by atoms with Crippen molar-refractivity contribution >= 4 is 23.5 Å². The van der Waals surface area contributed by atoms with Gasteiger partial charge in [-0.3, -0.25) is 14.3 Å². The largest absolute Gasteiger partial charge is 0.381 e. The second-order valence-corrected chi connectivity index (χ2v) is 9.85. The lowest BCUT2D eigenvalue weighted by molar-refractivity contribution is -0.126. The molecular weight excluding hydrogens is 517 g/mol. The van der Waals surface area contributed by atoms with Crippen LogP contribution in [0.25, 0.3) is 11.3 Å². The maximum absolute atomic E-state index is 14.0. The van der Waals surface area contributed by atoms with Crippen LogP contribution in [-0.4, -0.2) is 58.3 Å². The van der Waals surface area contributed by atoms with Crippen molar-refractivity contribution in [3.63, 3.8) is 0 Å². The van der Waals surface area contributed by atoms with Crippen molar-refractivity contribution in [1.82, 2.24) is 20.0 Å². The lowest BCUT2D eigenvalue weighted by atomic mass is 10.0. The number of aryl methyl sites for hydroxylation is 1. The fraction of sp³-hybridized carbons (Fsp3) is 0.321. The number of fused-ring (bicyclic) bond motifs is 1. The van der Waals surface area contributed by atoms with Gasteiger partial charge in [0.2, 0.25) is 5.91 Å². The Morgan fingerprint density at radius 1 is 1.15 bits per heavy atom. The molecule has 0 saturated carbocycles. The molecule has 2 aliphatic rings. The van der Waals surface area contributed by atoms with Gasteiger partial charge in [0.25, 0.3) is 5.91 Å². The maximum atomic E-state index is 14.0. The molecule has 0 aliphatic carbocycles. The number of urea groups is 1. The predicted molar refractivity (Wildman–Crippen MR) is 142 cm³/mol. The van der Waals surface area contributed by atoms with Crippen LogP contribution < -0.4 is 16.4 Å². The van der Waals surface area contributed by atoms with Gasteiger partial charge in [-0.05, 0) is 67.8 Å². The van der Waals surface area contributed by atoms with Crippen LogP contribution in [0.1, 0.15) is 46.1 Å². The van der Waals surface area contributed by atoms with Crippen molar-refractivity contribution < 1.29 is 23.5 Å². The van der Waals surface area contributed by atoms with Crippen molar-refractivity contribution in [2.24, 2.45) is 5.73 Å². The van der Waals surface area contributed by atoms with Crippen molar-refractivity contribution in [3.05, 3.63) is 70.7 Å². The van der Waals surface area contributed by atoms with E-state index in [0.717, 1.165) is 0 Å². The summed E-state index contributed by atoms with van der Waals surface area (Å²) in [7, 11) is 0. The zero-order valence-corrected chi connectivity index (χ0v) is 21.8. The van der Waals surface area contributed by atoms with Crippen LogP contribution in [-0.2, 0) is 16.1 Å². The molecule has 0 bridgehead atoms. The molecule has 2 aliphatic heterocycles. The number of hydrogen-bond acceptors (Lipinski definition) is 6. The standard InChI is InChI=1S/C28H28FN7O4/c1-16-12-18(4-7-21(16)29)25-24(26(31)37)22-14-35(28(39)33-19-5-2-17(13-30)3-6-19)15-23(36(22)34-25)27(38)32-20-8-10-40-11-9-20/h2-7,12,20,23H,8-11,14-15H2,1H3,(H2,31,37)(H,32,38)(H,33,39). The molecule has 3 heterocycles. The van der Waals surface area contributed by atoms with Gasteiger partial charge in [0.15, 0.2) is 0 Å². The number of amides is 4. The van der Waals surface area contributed by atoms with Gasteiger partial charge in [-0.25, -0.2) is 9.18 Å². The zero-order chi connectivity index (χ0) is 28.4. The number of carbonyl (C=O) groups is 3. The Labute approximate surface area is 229 Å². The number of halogens is 1. The number of carbonyl (C=O) groups excluding carboxylic acids is 3. The summed E-state index contributed by atoms with van der Waals surface area (Å²) in [6.45, 7) is 2.59. The van der Waals surface area contributed by atoms with Gasteiger partial charge in [0.1, 0.15) is 17.6 Å². The third kappa shape index (κ3) is 5.37. The summed E-state index contributed by atoms with van der Waals surface area (Å²) in [5.41, 5.74) is 8.11. The van der Waals surface area contributed by atoms with E-state index in [-0.39, 0.29) is 36.3 Å². The maximum Gasteiger partial charge on any atom is 0.322 e. The number of benzene rings is 2. The van der Waals surface area contributed by atoms with E-state index in [2.05, 4.69) is 15.7 Å². The van der Waals surface area contributed by atoms with E-state index in [1.807, 2.05) is 6.07 Å². The van der Waals surface area contributed by atoms with E-state index < -0.39 is 23.8 Å². The molecule has 12 heteroatoms. The summed E-state index contributed by atoms with van der Waals surface area (Å²) >= 11 is 0. The first-order valence-electron chi connectivity index (χ1n) is 12.9. The number of nitrogens with two attached hydrogens (primary N) is 1. The second kappa shape index (κ2) is 11.2. The van der Waals surface area contributed by atoms with Crippen molar-refractivity contribution in [2.75, 3.05) is 25.1 Å². The van der Waals surface area contributed by atoms with E-state index >= 15 is 0 Å². The molecule has 1 atom stereocenters. The van der Waals surface area contributed by atoms with E-state index in [1.165, 1.54) is 21.7 Å². The molecule has 206 valence electrons. The topological polar surface area (TPSA) is 155 Å². The summed E-state index contributed by atoms with van der Waals surface area (Å²) in [6.07, 6.45) is 1.31. The average Bonchev–Trinajstić information content (AvgIpc) is 3.35. The van der Waals surface area contributed by atoms with Crippen LogP contribution in [0.2, 0.25) is 0 Å². The van der Waals surface area contributed by atoms with Gasteiger partial charge in [0, 0.05) is 30.5 Å². The van der Waals surface area contributed by atoms with Gasteiger partial charge < -0.3 is 26.0 Å². The Morgan fingerprint density at radius 3 is 2.52 bits per heavy atom. The number of nitrogens with zero attached hydrogens (tertiary/aromatic N) is 4. The normalized spacial score (nSPS) is 17.0. The Balaban J connectivity index is 1.52. The van der Waals surface area contributed by atoms with Crippen LogP contribution in [0.5, 0.6) is 0 Å². The SMILES string of the molecule is Cc1cc(-c2nn3c(c2C(N)=O)CN(C(=O)Nc2ccc(C#N)cc2)CC3C(=O)NC2CCOCC2)ccc1F. The van der Waals surface area contributed by atoms with E-state index in [1.54, 1.807) is 37.3 Å². The Morgan fingerprint density at radius 2 is 1.88 bits per heavy atom. The van der Waals surface area contributed by atoms with Gasteiger partial charge in [-0.2, -0.15) is 10.4 Å². The fourth-order valence-corrected chi connectivity index (χ4v) is 4.98. The monoisotopic (exact) mass is 545 g/mol. The van der Waals surface area contributed by atoms with Crippen LogP contribution in [0, 0.1) is 24.1 Å². The summed E-state index contributed by atoms with van der Waals surface area (Å²) in [5.74, 6) is -1.55. The molecule has 1 unspecified atom stereocenters. The molecule has 4 N–H and O–H groups in total. The highest BCUT2D eigenvalue weighted by molar-refractivity contribution is 6.01. The molecule has 0 radical (unpaired) electrons. The van der Waals surface area contributed by atoms with Crippen molar-refractivity contribution in [1.29, 1.82) is 5.26 Å². The molecule has 5 rings (SSSR count). The number of nitriles is 1. The first-order chi connectivity index (χ1) is 19.2. The number of rotatable bonds is 5. The van der Waals surface area contributed by atoms with E-state index in [4.69, 9.17) is 15.7 Å². The highest BCUT2D eigenvalue weighted by Gasteiger charge is 2.38. The minimum atomic E-state index is -0.952. The lowest BCUT2D eigenvalue weighted by Crippen LogP contribution is -2.50. The van der Waals surface area contributed by atoms with Crippen LogP contribution in [0.3, 0.4) is 0 Å². The first-order valence-corrected chi connectivity index (χ1v) is 12.9. The van der Waals surface area contributed by atoms with Crippen LogP contribution in [0.4, 0.5) is 14.9 Å². The molecule has 1 saturated heterocycles. The van der Waals surface area contributed by atoms with E-state index in [0.29, 0.717) is 54.1 Å². The molecule has 2 aromatic carbocycles. The number of hydrogen-bond donors (Lipinski definition) is 3. The van der Waals surface area contributed by atoms with Gasteiger partial charge >= 0.3 is 6.03 Å². The number of anilines is 1. The number of primary amides is 1. The quantitative estimate of drug-likeness (QED) is 0.448. The lowest BCUT2D eigenvalue weighted by Gasteiger charge is -2.34. The number of ether oxygens (including phenoxy) is 1. The summed E-state index contributed by atoms with van der Waals surface area (Å²) in [5, 5.41) is 19.5. The van der Waals surface area contributed by atoms with Gasteiger partial charge in [-0.15, -0.1) is 0 Å². The average molecular weight is 546 g/mol. The number of nitrogens with one attached hydrogen (secondary N) is 2. The molecule has 3 aromatic rings. The molecule has 40 heavy (non-hydrogen) atoms. The highest BCUT2D eigenvalue weighted by atomic mass is 19.1. The Bertz CT molecular complexity index is 1510. The molecule has 1 aromatic heterocycles. The van der Waals surface area contributed by atoms with Crippen LogP contribution >= 0.6 is 0 Å². The molecule has 11 nitrogen and oxygen atoms in total. The molecule has 4 amide bonds. The summed E-state index contributed by atoms with van der Waals surface area (Å²) in [4.78, 5) is 41.1. The highest BCUT2D eigenvalue weighted by Crippen LogP contribution is 2.33. The molecule has 0 spiro atoms. The Kier molecular flexibility index (Phi) is 7.48. The molecule has 1 fully saturated rings. The van der Waals surface area contributed by atoms with Gasteiger partial charge in [0.05, 0.1) is 36.0 Å². The predicted octanol–water partition coefficient (Wildman–Crippen LogP) is 2.85. The number of aromatic nitrogens is 2. The summed E-state index contributed by atoms with van der Waals surface area (Å²) in [6, 6.07) is 11.2. The first kappa shape index (κ1) is 26.8. The van der Waals surface area contributed by atoms with Crippen molar-refractivity contribution in [2.45, 2.75) is 38.4 Å².